The fourth-order valence-corrected chi connectivity index (χ4v) is 13.8. The number of benzene rings is 4. The van der Waals surface area contributed by atoms with Gasteiger partial charge >= 0.3 is 0 Å². The van der Waals surface area contributed by atoms with E-state index in [2.05, 4.69) is 114 Å². The summed E-state index contributed by atoms with van der Waals surface area (Å²) in [4.78, 5) is 41.1. The smallest absolute Gasteiger partial charge is 0.164 e. The number of ether oxygens (including phenoxy) is 8. The Balaban J connectivity index is 1.34. The van der Waals surface area contributed by atoms with Gasteiger partial charge in [-0.1, -0.05) is 261 Å². The first-order chi connectivity index (χ1) is 51.3. The van der Waals surface area contributed by atoms with E-state index in [1.807, 2.05) is 0 Å². The molecular formula is C88H130N8O8. The van der Waals surface area contributed by atoms with Crippen LogP contribution in [-0.4, -0.2) is 92.7 Å². The summed E-state index contributed by atoms with van der Waals surface area (Å²) in [6.07, 6.45) is 44.6. The zero-order valence-corrected chi connectivity index (χ0v) is 65.5. The van der Waals surface area contributed by atoms with Crippen LogP contribution in [0.1, 0.15) is 312 Å². The second-order valence-corrected chi connectivity index (χ2v) is 29.1. The normalized spacial score (nSPS) is 11.8. The van der Waals surface area contributed by atoms with Gasteiger partial charge in [0.1, 0.15) is 22.6 Å². The van der Waals surface area contributed by atoms with Crippen molar-refractivity contribution in [3.63, 3.8) is 0 Å². The van der Waals surface area contributed by atoms with E-state index in [-0.39, 0.29) is 0 Å². The molecule has 104 heavy (non-hydrogen) atoms. The molecule has 16 heteroatoms. The molecule has 8 bridgehead atoms. The highest BCUT2D eigenvalue weighted by atomic mass is 16.5. The molecule has 0 saturated carbocycles. The molecule has 3 aromatic heterocycles. The first-order valence-electron chi connectivity index (χ1n) is 41.9. The molecule has 0 aliphatic carbocycles. The van der Waals surface area contributed by atoms with Crippen molar-refractivity contribution in [2.45, 2.75) is 312 Å². The molecule has 0 atom stereocenters. The Morgan fingerprint density at radius 1 is 0.192 bits per heavy atom. The molecule has 0 radical (unpaired) electrons. The van der Waals surface area contributed by atoms with Crippen molar-refractivity contribution in [3.05, 3.63) is 48.5 Å². The van der Waals surface area contributed by atoms with E-state index in [1.54, 1.807) is 0 Å². The molecule has 9 rings (SSSR count). The van der Waals surface area contributed by atoms with E-state index in [0.29, 0.717) is 145 Å². The largest absolute Gasteiger partial charge is 0.490 e. The van der Waals surface area contributed by atoms with Crippen molar-refractivity contribution in [1.82, 2.24) is 39.9 Å². The number of aromatic amines is 2. The molecule has 0 saturated heterocycles. The zero-order chi connectivity index (χ0) is 72.8. The summed E-state index contributed by atoms with van der Waals surface area (Å²) in [5, 5.41) is 3.18. The van der Waals surface area contributed by atoms with Gasteiger partial charge in [-0.05, 0) is 99.9 Å². The van der Waals surface area contributed by atoms with Crippen LogP contribution in [0.25, 0.3) is 89.7 Å². The molecule has 0 fully saturated rings. The van der Waals surface area contributed by atoms with Gasteiger partial charge in [0.2, 0.25) is 0 Å². The zero-order valence-electron chi connectivity index (χ0n) is 65.5. The topological polar surface area (TPSA) is 183 Å². The fourth-order valence-electron chi connectivity index (χ4n) is 13.8. The van der Waals surface area contributed by atoms with Crippen LogP contribution >= 0.6 is 0 Å². The van der Waals surface area contributed by atoms with Gasteiger partial charge < -0.3 is 47.9 Å². The van der Waals surface area contributed by atoms with E-state index in [1.165, 1.54) is 154 Å². The van der Waals surface area contributed by atoms with Gasteiger partial charge in [-0.15, -0.1) is 0 Å². The molecule has 570 valence electrons. The minimum atomic E-state index is 0.460. The van der Waals surface area contributed by atoms with Crippen LogP contribution in [0.3, 0.4) is 0 Å². The minimum absolute atomic E-state index is 0.460. The van der Waals surface area contributed by atoms with Crippen LogP contribution in [0.15, 0.2) is 48.5 Å². The van der Waals surface area contributed by atoms with Crippen molar-refractivity contribution in [1.29, 1.82) is 0 Å². The van der Waals surface area contributed by atoms with E-state index < -0.39 is 0 Å². The lowest BCUT2D eigenvalue weighted by Crippen LogP contribution is -2.03. The number of rotatable bonds is 56. The Kier molecular flexibility index (Phi) is 35.6. The summed E-state index contributed by atoms with van der Waals surface area (Å²) in [6, 6.07) is 16.6. The Morgan fingerprint density at radius 2 is 0.346 bits per heavy atom. The van der Waals surface area contributed by atoms with Gasteiger partial charge in [0.05, 0.1) is 52.9 Å². The average Bonchev–Trinajstić information content (AvgIpc) is 1.59. The molecule has 16 nitrogen and oxygen atoms in total. The van der Waals surface area contributed by atoms with Crippen LogP contribution in [0.2, 0.25) is 0 Å². The van der Waals surface area contributed by atoms with E-state index in [4.69, 9.17) is 67.8 Å². The highest BCUT2D eigenvalue weighted by molar-refractivity contribution is 6.08. The van der Waals surface area contributed by atoms with Gasteiger partial charge in [-0.3, -0.25) is 0 Å². The Labute approximate surface area is 623 Å². The predicted octanol–water partition coefficient (Wildman–Crippen LogP) is 25.7. The number of aromatic nitrogens is 8. The van der Waals surface area contributed by atoms with Gasteiger partial charge in [-0.2, -0.15) is 0 Å². The fraction of sp³-hybridized carbons (Fsp3) is 0.636. The lowest BCUT2D eigenvalue weighted by molar-refractivity contribution is 0.259. The summed E-state index contributed by atoms with van der Waals surface area (Å²) in [5.41, 5.74) is 5.26. The number of fused-ring (bicyclic) bond motifs is 20. The van der Waals surface area contributed by atoms with E-state index >= 15 is 0 Å². The molecular weight excluding hydrogens is 1300 g/mol. The quantitative estimate of drug-likeness (QED) is 0.0343. The first kappa shape index (κ1) is 80.7. The molecule has 0 amide bonds. The number of hydrogen-bond donors (Lipinski definition) is 2. The van der Waals surface area contributed by atoms with Crippen molar-refractivity contribution in [2.75, 3.05) is 52.9 Å². The highest BCUT2D eigenvalue weighted by Crippen LogP contribution is 2.47. The summed E-state index contributed by atoms with van der Waals surface area (Å²) in [7, 11) is 0. The lowest BCUT2D eigenvalue weighted by Gasteiger charge is -2.15. The third-order valence-electron chi connectivity index (χ3n) is 20.1. The molecule has 5 heterocycles. The van der Waals surface area contributed by atoms with Crippen molar-refractivity contribution in [3.8, 4) is 91.5 Å². The lowest BCUT2D eigenvalue weighted by atomic mass is 10.1. The minimum Gasteiger partial charge on any atom is -0.490 e. The van der Waals surface area contributed by atoms with Crippen LogP contribution in [0, 0.1) is 0 Å². The Hall–Kier alpha value is -7.36. The van der Waals surface area contributed by atoms with Gasteiger partial charge in [0.25, 0.3) is 0 Å². The number of nitrogens with zero attached hydrogens (tertiary/aromatic N) is 6. The van der Waals surface area contributed by atoms with Crippen LogP contribution in [-0.2, 0) is 0 Å². The maximum atomic E-state index is 6.84. The maximum Gasteiger partial charge on any atom is 0.164 e. The van der Waals surface area contributed by atoms with Crippen molar-refractivity contribution < 1.29 is 37.9 Å². The molecule has 7 aromatic rings. The summed E-state index contributed by atoms with van der Waals surface area (Å²) in [6.45, 7) is 22.4. The van der Waals surface area contributed by atoms with Gasteiger partial charge in [0, 0.05) is 43.8 Å². The Morgan fingerprint density at radius 3 is 0.510 bits per heavy atom. The van der Waals surface area contributed by atoms with Crippen molar-refractivity contribution in [2.24, 2.45) is 0 Å². The summed E-state index contributed by atoms with van der Waals surface area (Å²) in [5.74, 6) is 7.14. The second kappa shape index (κ2) is 45.9. The molecule has 0 unspecified atom stereocenters. The number of hydrogen-bond acceptors (Lipinski definition) is 14. The van der Waals surface area contributed by atoms with Crippen LogP contribution < -0.4 is 37.9 Å². The number of unbranched alkanes of at least 4 members (excludes halogenated alkanes) is 32. The SMILES string of the molecule is CCCCCCCOc1cc2c(cc1OCCCCCCC)-c1nc-2nc2[nH]c(nc3nc(nc4[nH]c(n1)c1cc(OCCCCCCC)c(OCCCCCCC)cc41)-c1cc(OCCCCCCC)c(OCCCCCCC)cc1-3)c1cc(OCCCCCCC)c(OCCCCCCC)cc21. The monoisotopic (exact) mass is 1430 g/mol. The average molecular weight is 1430 g/mol. The first-order valence-corrected chi connectivity index (χ1v) is 41.9. The van der Waals surface area contributed by atoms with Gasteiger partial charge in [-0.25, -0.2) is 29.9 Å². The maximum absolute atomic E-state index is 6.84. The van der Waals surface area contributed by atoms with E-state index in [0.717, 1.165) is 147 Å². The molecule has 2 aliphatic rings. The molecule has 4 aromatic carbocycles. The van der Waals surface area contributed by atoms with Gasteiger partial charge in [0.15, 0.2) is 69.3 Å². The summed E-state index contributed by atoms with van der Waals surface area (Å²) >= 11 is 0. The third kappa shape index (κ3) is 24.3. The molecule has 0 spiro atoms. The molecule has 2 N–H and O–H groups in total. The number of nitrogens with one attached hydrogen (secondary N) is 2. The van der Waals surface area contributed by atoms with Crippen molar-refractivity contribution >= 4 is 44.1 Å². The Bertz CT molecular complexity index is 3360. The third-order valence-corrected chi connectivity index (χ3v) is 20.1. The van der Waals surface area contributed by atoms with Crippen LogP contribution in [0.4, 0.5) is 0 Å². The highest BCUT2D eigenvalue weighted by Gasteiger charge is 2.28. The van der Waals surface area contributed by atoms with E-state index in [9.17, 15) is 0 Å². The summed E-state index contributed by atoms with van der Waals surface area (Å²) < 4.78 is 54.7. The van der Waals surface area contributed by atoms with Crippen LogP contribution in [0.5, 0.6) is 46.0 Å². The predicted molar refractivity (Wildman–Crippen MR) is 430 cm³/mol. The molecule has 2 aliphatic heterocycles. The second-order valence-electron chi connectivity index (χ2n) is 29.1. The number of H-pyrrole nitrogens is 2. The standard InChI is InChI=1S/C88H130N8O8/c1-9-17-25-33-41-49-97-73-57-65-66(58-74(73)98-50-42-34-26-18-10-2)82-89-81(65)93-83-67-59-75(99-51-43-35-27-19-11-3)76(100-52-44-36-28-20-12-4)60-68(67)85(90-83)95-87-71-63-79(103-55-47-39-31-23-15-7)80(104-56-48-40-32-24-16-8)64-72(71)88(92-87)96-86-70-62-78(102-54-46-38-30-22-14-6)77(61-69(70)84(91-86)94-82)101-53-45-37-29-21-13-5/h57-64H,9-56H2,1-8H3,(H2,89,90,91,92,93,94,95,96).